The summed E-state index contributed by atoms with van der Waals surface area (Å²) in [5.41, 5.74) is 2.62. The van der Waals surface area contributed by atoms with Gasteiger partial charge in [0.05, 0.1) is 37.5 Å². The molecule has 0 aliphatic carbocycles. The first-order valence-corrected chi connectivity index (χ1v) is 9.38. The molecule has 2 heterocycles. The third-order valence-electron chi connectivity index (χ3n) is 4.87. The molecule has 5 heteroatoms. The predicted octanol–water partition coefficient (Wildman–Crippen LogP) is 4.49. The van der Waals surface area contributed by atoms with Crippen LogP contribution in [0, 0.1) is 0 Å². The van der Waals surface area contributed by atoms with E-state index in [-0.39, 0.29) is 18.3 Å². The zero-order valence-corrected chi connectivity index (χ0v) is 15.8. The van der Waals surface area contributed by atoms with E-state index in [1.807, 2.05) is 65.2 Å². The fourth-order valence-corrected chi connectivity index (χ4v) is 3.48. The van der Waals surface area contributed by atoms with Crippen LogP contribution >= 0.6 is 0 Å². The molecular formula is C23H23NO4. The third-order valence-corrected chi connectivity index (χ3v) is 4.87. The van der Waals surface area contributed by atoms with Crippen molar-refractivity contribution in [3.63, 3.8) is 0 Å². The molecule has 0 amide bonds. The molecule has 1 aromatic heterocycles. The van der Waals surface area contributed by atoms with Crippen molar-refractivity contribution in [3.05, 3.63) is 84.1 Å². The summed E-state index contributed by atoms with van der Waals surface area (Å²) in [6.07, 6.45) is 6.40. The maximum absolute atomic E-state index is 12.1. The largest absolute Gasteiger partial charge is 0.465 e. The second kappa shape index (κ2) is 8.42. The van der Waals surface area contributed by atoms with Crippen LogP contribution in [-0.4, -0.2) is 30.4 Å². The van der Waals surface area contributed by atoms with Crippen molar-refractivity contribution in [3.8, 4) is 0 Å². The third kappa shape index (κ3) is 3.86. The van der Waals surface area contributed by atoms with Crippen molar-refractivity contribution in [2.75, 3.05) is 13.7 Å². The van der Waals surface area contributed by atoms with E-state index in [9.17, 15) is 4.79 Å². The zero-order chi connectivity index (χ0) is 19.3. The molecule has 1 aliphatic heterocycles. The van der Waals surface area contributed by atoms with E-state index in [0.29, 0.717) is 18.8 Å². The number of carbonyl (C=O) groups excluding carboxylic acids is 1. The Morgan fingerprint density at radius 2 is 1.93 bits per heavy atom. The lowest BCUT2D eigenvalue weighted by atomic mass is 10.2. The number of hydrogen-bond acceptors (Lipinski definition) is 4. The lowest BCUT2D eigenvalue weighted by Gasteiger charge is -2.27. The molecule has 0 N–H and O–H groups in total. The second-order valence-corrected chi connectivity index (χ2v) is 6.77. The van der Waals surface area contributed by atoms with E-state index < -0.39 is 0 Å². The lowest BCUT2D eigenvalue weighted by molar-refractivity contribution is -0.0734. The summed E-state index contributed by atoms with van der Waals surface area (Å²) < 4.78 is 19.0. The van der Waals surface area contributed by atoms with Crippen molar-refractivity contribution in [2.45, 2.75) is 25.4 Å². The molecule has 0 radical (unpaired) electrons. The normalized spacial score (nSPS) is 19.0. The van der Waals surface area contributed by atoms with Gasteiger partial charge in [0.1, 0.15) is 0 Å². The van der Waals surface area contributed by atoms with Crippen LogP contribution in [0.4, 0.5) is 0 Å². The number of aromatic nitrogens is 1. The predicted molar refractivity (Wildman–Crippen MR) is 107 cm³/mol. The van der Waals surface area contributed by atoms with Crippen LogP contribution in [-0.2, 0) is 20.8 Å². The second-order valence-electron chi connectivity index (χ2n) is 6.77. The van der Waals surface area contributed by atoms with Crippen molar-refractivity contribution in [2.24, 2.45) is 0 Å². The molecule has 0 unspecified atom stereocenters. The Hall–Kier alpha value is -2.89. The quantitative estimate of drug-likeness (QED) is 0.469. The van der Waals surface area contributed by atoms with Crippen molar-refractivity contribution < 1.29 is 19.0 Å². The summed E-state index contributed by atoms with van der Waals surface area (Å²) in [6, 6.07) is 17.9. The topological polar surface area (TPSA) is 49.7 Å². The monoisotopic (exact) mass is 377 g/mol. The van der Waals surface area contributed by atoms with Gasteiger partial charge in [0.25, 0.3) is 0 Å². The summed E-state index contributed by atoms with van der Waals surface area (Å²) in [4.78, 5) is 12.1. The fourth-order valence-electron chi connectivity index (χ4n) is 3.48. The van der Waals surface area contributed by atoms with Crippen LogP contribution in [0.2, 0.25) is 0 Å². The Kier molecular flexibility index (Phi) is 5.55. The van der Waals surface area contributed by atoms with Gasteiger partial charge in [-0.1, -0.05) is 54.6 Å². The van der Waals surface area contributed by atoms with Gasteiger partial charge < -0.3 is 18.8 Å². The molecular weight excluding hydrogens is 354 g/mol. The standard InChI is InChI=1S/C23H23NO4/c1-26-23(25)20-14-24(21-12-6-5-11-19(20)21)22-13-7-10-18(28-22)16-27-15-17-8-3-2-4-9-17/h2-9,11-14,18,22H,10,15-16H2,1H3/t18-,22+/m0/s1. The van der Waals surface area contributed by atoms with Gasteiger partial charge in [0.2, 0.25) is 0 Å². The number of benzene rings is 2. The molecule has 3 aromatic rings. The average molecular weight is 377 g/mol. The Morgan fingerprint density at radius 3 is 2.75 bits per heavy atom. The summed E-state index contributed by atoms with van der Waals surface area (Å²) >= 11 is 0. The highest BCUT2D eigenvalue weighted by atomic mass is 16.5. The molecule has 0 spiro atoms. The van der Waals surface area contributed by atoms with E-state index in [2.05, 4.69) is 6.08 Å². The molecule has 144 valence electrons. The van der Waals surface area contributed by atoms with Gasteiger partial charge >= 0.3 is 5.97 Å². The molecule has 2 aromatic carbocycles. The van der Waals surface area contributed by atoms with E-state index >= 15 is 0 Å². The summed E-state index contributed by atoms with van der Waals surface area (Å²) in [6.45, 7) is 1.08. The van der Waals surface area contributed by atoms with Crippen molar-refractivity contribution >= 4 is 16.9 Å². The SMILES string of the molecule is COC(=O)c1cn([C@H]2C=CC[C@@H](COCc3ccccc3)O2)c2ccccc12. The van der Waals surface area contributed by atoms with Crippen LogP contribution in [0.1, 0.15) is 28.6 Å². The van der Waals surface area contributed by atoms with Crippen LogP contribution in [0.15, 0.2) is 72.9 Å². The zero-order valence-electron chi connectivity index (χ0n) is 15.8. The van der Waals surface area contributed by atoms with Crippen molar-refractivity contribution in [1.29, 1.82) is 0 Å². The van der Waals surface area contributed by atoms with E-state index in [1.165, 1.54) is 7.11 Å². The Morgan fingerprint density at radius 1 is 1.14 bits per heavy atom. The summed E-state index contributed by atoms with van der Waals surface area (Å²) in [7, 11) is 1.39. The van der Waals surface area contributed by atoms with Gasteiger partial charge in [-0.3, -0.25) is 0 Å². The number of ether oxygens (including phenoxy) is 3. The maximum Gasteiger partial charge on any atom is 0.340 e. The first-order valence-electron chi connectivity index (χ1n) is 9.38. The maximum atomic E-state index is 12.1. The average Bonchev–Trinajstić information content (AvgIpc) is 3.14. The minimum absolute atomic E-state index is 0.0403. The number of para-hydroxylation sites is 1. The number of esters is 1. The number of nitrogens with zero attached hydrogens (tertiary/aromatic N) is 1. The van der Waals surface area contributed by atoms with Crippen LogP contribution in [0.25, 0.3) is 10.9 Å². The smallest absolute Gasteiger partial charge is 0.340 e. The highest BCUT2D eigenvalue weighted by molar-refractivity contribution is 6.04. The fraction of sp³-hybridized carbons (Fsp3) is 0.261. The Bertz CT molecular complexity index is 977. The van der Waals surface area contributed by atoms with E-state index in [0.717, 1.165) is 22.9 Å². The molecule has 1 aliphatic rings. The molecule has 0 fully saturated rings. The van der Waals surface area contributed by atoms with Crippen LogP contribution in [0.3, 0.4) is 0 Å². The lowest BCUT2D eigenvalue weighted by Crippen LogP contribution is -2.26. The number of hydrogen-bond donors (Lipinski definition) is 0. The highest BCUT2D eigenvalue weighted by Gasteiger charge is 2.23. The number of carbonyl (C=O) groups is 1. The number of methoxy groups -OCH3 is 1. The molecule has 28 heavy (non-hydrogen) atoms. The Balaban J connectivity index is 1.48. The van der Waals surface area contributed by atoms with Crippen LogP contribution in [0.5, 0.6) is 0 Å². The number of rotatable bonds is 6. The van der Waals surface area contributed by atoms with Crippen LogP contribution < -0.4 is 0 Å². The molecule has 0 bridgehead atoms. The molecule has 2 atom stereocenters. The minimum Gasteiger partial charge on any atom is -0.465 e. The summed E-state index contributed by atoms with van der Waals surface area (Å²) in [5, 5.41) is 0.855. The molecule has 5 nitrogen and oxygen atoms in total. The first-order chi connectivity index (χ1) is 13.8. The van der Waals surface area contributed by atoms with Gasteiger partial charge in [0, 0.05) is 11.6 Å². The van der Waals surface area contributed by atoms with Crippen molar-refractivity contribution in [1.82, 2.24) is 4.57 Å². The van der Waals surface area contributed by atoms with Gasteiger partial charge in [-0.25, -0.2) is 4.79 Å². The van der Waals surface area contributed by atoms with E-state index in [4.69, 9.17) is 14.2 Å². The van der Waals surface area contributed by atoms with Gasteiger partial charge in [-0.05, 0) is 24.1 Å². The first kappa shape index (κ1) is 18.5. The van der Waals surface area contributed by atoms with Gasteiger partial charge in [-0.15, -0.1) is 0 Å². The highest BCUT2D eigenvalue weighted by Crippen LogP contribution is 2.29. The van der Waals surface area contributed by atoms with Gasteiger partial charge in [-0.2, -0.15) is 0 Å². The number of fused-ring (bicyclic) bond motifs is 1. The molecule has 4 rings (SSSR count). The molecule has 0 saturated carbocycles. The minimum atomic E-state index is -0.350. The van der Waals surface area contributed by atoms with Gasteiger partial charge in [0.15, 0.2) is 6.23 Å². The molecule has 0 saturated heterocycles. The van der Waals surface area contributed by atoms with E-state index in [1.54, 1.807) is 6.20 Å². The Labute approximate surface area is 164 Å². The summed E-state index contributed by atoms with van der Waals surface area (Å²) in [5.74, 6) is -0.350.